The molecule has 7 heteroatoms. The van der Waals surface area contributed by atoms with Gasteiger partial charge < -0.3 is 9.88 Å². The molecule has 0 bridgehead atoms. The van der Waals surface area contributed by atoms with Crippen molar-refractivity contribution in [2.75, 3.05) is 11.1 Å². The molecule has 0 unspecified atom stereocenters. The first-order chi connectivity index (χ1) is 12.5. The number of benzene rings is 1. The van der Waals surface area contributed by atoms with Crippen molar-refractivity contribution in [3.8, 4) is 11.4 Å². The summed E-state index contributed by atoms with van der Waals surface area (Å²) in [6.07, 6.45) is 3.46. The Labute approximate surface area is 157 Å². The van der Waals surface area contributed by atoms with E-state index in [0.29, 0.717) is 11.1 Å². The van der Waals surface area contributed by atoms with Crippen molar-refractivity contribution in [2.24, 2.45) is 7.05 Å². The maximum Gasteiger partial charge on any atom is 0.234 e. The van der Waals surface area contributed by atoms with E-state index in [1.54, 1.807) is 12.4 Å². The molecule has 0 aliphatic heterocycles. The fourth-order valence-corrected chi connectivity index (χ4v) is 3.20. The Morgan fingerprint density at radius 1 is 1.23 bits per heavy atom. The summed E-state index contributed by atoms with van der Waals surface area (Å²) >= 11 is 1.36. The molecule has 26 heavy (non-hydrogen) atoms. The topological polar surface area (TPSA) is 72.7 Å². The number of hydrogen-bond acceptors (Lipinski definition) is 5. The minimum Gasteiger partial charge on any atom is -0.325 e. The minimum absolute atomic E-state index is 0.0677. The van der Waals surface area contributed by atoms with E-state index >= 15 is 0 Å². The smallest absolute Gasteiger partial charge is 0.234 e. The molecule has 3 rings (SSSR count). The molecule has 0 spiro atoms. The third-order valence-electron chi connectivity index (χ3n) is 3.92. The number of nitrogens with one attached hydrogen (secondary N) is 1. The van der Waals surface area contributed by atoms with Crippen LogP contribution in [0.5, 0.6) is 0 Å². The Kier molecular flexibility index (Phi) is 5.68. The summed E-state index contributed by atoms with van der Waals surface area (Å²) in [5, 5.41) is 12.0. The summed E-state index contributed by atoms with van der Waals surface area (Å²) < 4.78 is 1.87. The lowest BCUT2D eigenvalue weighted by molar-refractivity contribution is -0.113. The van der Waals surface area contributed by atoms with Crippen LogP contribution in [0, 0.1) is 0 Å². The third kappa shape index (κ3) is 4.29. The van der Waals surface area contributed by atoms with Crippen molar-refractivity contribution >= 4 is 23.4 Å². The van der Waals surface area contributed by atoms with E-state index in [2.05, 4.69) is 40.4 Å². The summed E-state index contributed by atoms with van der Waals surface area (Å²) in [5.41, 5.74) is 2.91. The second-order valence-electron chi connectivity index (χ2n) is 6.22. The SMILES string of the molecule is CC(C)c1cccc(NC(=O)CSc2nnc(-c3cccnc3)n2C)c1. The Morgan fingerprint density at radius 3 is 2.81 bits per heavy atom. The van der Waals surface area contributed by atoms with Crippen molar-refractivity contribution in [2.45, 2.75) is 24.9 Å². The molecule has 0 saturated carbocycles. The molecule has 1 N–H and O–H groups in total. The van der Waals surface area contributed by atoms with Crippen LogP contribution < -0.4 is 5.32 Å². The molecule has 0 saturated heterocycles. The molecule has 0 atom stereocenters. The van der Waals surface area contributed by atoms with Crippen LogP contribution in [0.3, 0.4) is 0 Å². The van der Waals surface area contributed by atoms with E-state index in [0.717, 1.165) is 17.1 Å². The van der Waals surface area contributed by atoms with Gasteiger partial charge in [-0.05, 0) is 35.7 Å². The standard InChI is InChI=1S/C19H21N5OS/c1-13(2)14-6-4-8-16(10-14)21-17(25)12-26-19-23-22-18(24(19)3)15-7-5-9-20-11-15/h4-11,13H,12H2,1-3H3,(H,21,25). The van der Waals surface area contributed by atoms with E-state index < -0.39 is 0 Å². The summed E-state index contributed by atoms with van der Waals surface area (Å²) in [7, 11) is 1.88. The van der Waals surface area contributed by atoms with E-state index in [4.69, 9.17) is 0 Å². The third-order valence-corrected chi connectivity index (χ3v) is 4.94. The van der Waals surface area contributed by atoms with Crippen molar-refractivity contribution in [1.82, 2.24) is 19.7 Å². The number of carbonyl (C=O) groups excluding carboxylic acids is 1. The highest BCUT2D eigenvalue weighted by Crippen LogP contribution is 2.22. The maximum absolute atomic E-state index is 12.3. The minimum atomic E-state index is -0.0677. The highest BCUT2D eigenvalue weighted by Gasteiger charge is 2.13. The fourth-order valence-electron chi connectivity index (χ4n) is 2.49. The van der Waals surface area contributed by atoms with Gasteiger partial charge in [-0.1, -0.05) is 37.7 Å². The van der Waals surface area contributed by atoms with Gasteiger partial charge in [-0.25, -0.2) is 0 Å². The summed E-state index contributed by atoms with van der Waals surface area (Å²) in [5.74, 6) is 1.35. The first kappa shape index (κ1) is 18.1. The lowest BCUT2D eigenvalue weighted by atomic mass is 10.0. The molecular formula is C19H21N5OS. The Balaban J connectivity index is 1.62. The molecule has 0 radical (unpaired) electrons. The zero-order chi connectivity index (χ0) is 18.5. The van der Waals surface area contributed by atoms with E-state index in [1.165, 1.54) is 17.3 Å². The number of anilines is 1. The van der Waals surface area contributed by atoms with Crippen molar-refractivity contribution in [1.29, 1.82) is 0 Å². The van der Waals surface area contributed by atoms with Crippen LogP contribution in [0.2, 0.25) is 0 Å². The summed E-state index contributed by atoms with van der Waals surface area (Å²) in [6.45, 7) is 4.26. The molecule has 0 fully saturated rings. The van der Waals surface area contributed by atoms with Crippen molar-refractivity contribution in [3.05, 3.63) is 54.4 Å². The van der Waals surface area contributed by atoms with Crippen LogP contribution in [0.4, 0.5) is 5.69 Å². The number of nitrogens with zero attached hydrogens (tertiary/aromatic N) is 4. The summed E-state index contributed by atoms with van der Waals surface area (Å²) in [6, 6.07) is 11.7. The van der Waals surface area contributed by atoms with Gasteiger partial charge in [0.2, 0.25) is 5.91 Å². The van der Waals surface area contributed by atoms with Crippen LogP contribution in [0.25, 0.3) is 11.4 Å². The van der Waals surface area contributed by atoms with Gasteiger partial charge >= 0.3 is 0 Å². The lowest BCUT2D eigenvalue weighted by Gasteiger charge is -2.09. The van der Waals surface area contributed by atoms with Crippen LogP contribution in [-0.4, -0.2) is 31.4 Å². The Hall–Kier alpha value is -2.67. The molecule has 1 aromatic carbocycles. The van der Waals surface area contributed by atoms with Gasteiger partial charge in [-0.2, -0.15) is 0 Å². The van der Waals surface area contributed by atoms with Crippen LogP contribution in [-0.2, 0) is 11.8 Å². The number of carbonyl (C=O) groups is 1. The number of thioether (sulfide) groups is 1. The molecule has 6 nitrogen and oxygen atoms in total. The van der Waals surface area contributed by atoms with E-state index in [-0.39, 0.29) is 11.7 Å². The number of rotatable bonds is 6. The van der Waals surface area contributed by atoms with Gasteiger partial charge in [0.1, 0.15) is 0 Å². The van der Waals surface area contributed by atoms with Crippen LogP contribution >= 0.6 is 11.8 Å². The first-order valence-electron chi connectivity index (χ1n) is 8.37. The molecule has 0 aliphatic carbocycles. The van der Waals surface area contributed by atoms with E-state index in [9.17, 15) is 4.79 Å². The quantitative estimate of drug-likeness (QED) is 0.672. The first-order valence-corrected chi connectivity index (χ1v) is 9.35. The number of pyridine rings is 1. The molecule has 134 valence electrons. The predicted molar refractivity (Wildman–Crippen MR) is 104 cm³/mol. The monoisotopic (exact) mass is 367 g/mol. The van der Waals surface area contributed by atoms with Gasteiger partial charge in [0, 0.05) is 30.7 Å². The maximum atomic E-state index is 12.3. The average Bonchev–Trinajstić information content (AvgIpc) is 3.01. The van der Waals surface area contributed by atoms with E-state index in [1.807, 2.05) is 41.9 Å². The van der Waals surface area contributed by atoms with Gasteiger partial charge in [0.15, 0.2) is 11.0 Å². The lowest BCUT2D eigenvalue weighted by Crippen LogP contribution is -2.14. The van der Waals surface area contributed by atoms with Crippen molar-refractivity contribution < 1.29 is 4.79 Å². The van der Waals surface area contributed by atoms with Crippen LogP contribution in [0.1, 0.15) is 25.3 Å². The molecular weight excluding hydrogens is 346 g/mol. The molecule has 0 aliphatic rings. The molecule has 1 amide bonds. The zero-order valence-corrected chi connectivity index (χ0v) is 15.8. The molecule has 2 aromatic heterocycles. The molecule has 3 aromatic rings. The summed E-state index contributed by atoms with van der Waals surface area (Å²) in [4.78, 5) is 16.4. The molecule has 2 heterocycles. The van der Waals surface area contributed by atoms with Gasteiger partial charge in [-0.15, -0.1) is 10.2 Å². The highest BCUT2D eigenvalue weighted by atomic mass is 32.2. The Morgan fingerprint density at radius 2 is 2.08 bits per heavy atom. The number of aromatic nitrogens is 4. The van der Waals surface area contributed by atoms with Gasteiger partial charge in [-0.3, -0.25) is 9.78 Å². The number of amides is 1. The van der Waals surface area contributed by atoms with Gasteiger partial charge in [0.25, 0.3) is 0 Å². The second-order valence-corrected chi connectivity index (χ2v) is 7.17. The second kappa shape index (κ2) is 8.14. The largest absolute Gasteiger partial charge is 0.325 e. The average molecular weight is 367 g/mol. The van der Waals surface area contributed by atoms with Crippen LogP contribution in [0.15, 0.2) is 53.9 Å². The number of hydrogen-bond donors (Lipinski definition) is 1. The highest BCUT2D eigenvalue weighted by molar-refractivity contribution is 7.99. The normalized spacial score (nSPS) is 10.9. The zero-order valence-electron chi connectivity index (χ0n) is 15.0. The predicted octanol–water partition coefficient (Wildman–Crippen LogP) is 3.73. The fraction of sp³-hybridized carbons (Fsp3) is 0.263. The van der Waals surface area contributed by atoms with Gasteiger partial charge in [0.05, 0.1) is 5.75 Å². The Bertz CT molecular complexity index is 892. The van der Waals surface area contributed by atoms with Crippen molar-refractivity contribution in [3.63, 3.8) is 0 Å².